The van der Waals surface area contributed by atoms with Crippen LogP contribution in [0.3, 0.4) is 0 Å². The van der Waals surface area contributed by atoms with E-state index in [1.165, 1.54) is 42.5 Å². The molecule has 1 heterocycles. The maximum Gasteiger partial charge on any atom is 0.417 e. The second-order valence-electron chi connectivity index (χ2n) is 5.65. The van der Waals surface area contributed by atoms with Gasteiger partial charge in [-0.15, -0.1) is 0 Å². The molecule has 0 saturated heterocycles. The van der Waals surface area contributed by atoms with Crippen molar-refractivity contribution in [1.82, 2.24) is 4.98 Å². The fourth-order valence-corrected chi connectivity index (χ4v) is 3.97. The zero-order valence-corrected chi connectivity index (χ0v) is 14.7. The third kappa shape index (κ3) is 3.74. The molecule has 142 valence electrons. The van der Waals surface area contributed by atoms with Gasteiger partial charge in [0.2, 0.25) is 20.8 Å². The molecule has 3 rings (SSSR count). The molecule has 0 aliphatic heterocycles. The first-order valence-corrected chi connectivity index (χ1v) is 9.40. The van der Waals surface area contributed by atoms with Gasteiger partial charge in [0, 0.05) is 12.0 Å². The predicted octanol–water partition coefficient (Wildman–Crippen LogP) is 3.69. The van der Waals surface area contributed by atoms with Crippen molar-refractivity contribution >= 4 is 9.84 Å². The second-order valence-corrected chi connectivity index (χ2v) is 7.51. The van der Waals surface area contributed by atoms with E-state index in [1.807, 2.05) is 0 Å². The average Bonchev–Trinajstić information content (AvgIpc) is 3.07. The molecule has 27 heavy (non-hydrogen) atoms. The van der Waals surface area contributed by atoms with Gasteiger partial charge in [0.1, 0.15) is 5.76 Å². The third-order valence-corrected chi connectivity index (χ3v) is 5.52. The molecule has 5 nitrogen and oxygen atoms in total. The first kappa shape index (κ1) is 19.1. The van der Waals surface area contributed by atoms with Gasteiger partial charge in [0.25, 0.3) is 0 Å². The molecule has 2 N–H and O–H groups in total. The summed E-state index contributed by atoms with van der Waals surface area (Å²) >= 11 is 0. The van der Waals surface area contributed by atoms with Crippen LogP contribution in [0.15, 0.2) is 68.9 Å². The first-order valence-electron chi connectivity index (χ1n) is 7.91. The van der Waals surface area contributed by atoms with Crippen molar-refractivity contribution in [2.24, 2.45) is 5.73 Å². The van der Waals surface area contributed by atoms with Crippen molar-refractivity contribution in [3.8, 4) is 11.5 Å². The van der Waals surface area contributed by atoms with Crippen molar-refractivity contribution in [2.75, 3.05) is 6.54 Å². The van der Waals surface area contributed by atoms with Gasteiger partial charge in [-0.25, -0.2) is 8.42 Å². The zero-order valence-electron chi connectivity index (χ0n) is 13.9. The molecule has 9 heteroatoms. The van der Waals surface area contributed by atoms with Gasteiger partial charge in [-0.2, -0.15) is 18.2 Å². The van der Waals surface area contributed by atoms with Crippen molar-refractivity contribution in [2.45, 2.75) is 22.5 Å². The topological polar surface area (TPSA) is 86.2 Å². The molecule has 2 aromatic carbocycles. The molecule has 0 unspecified atom stereocenters. The predicted molar refractivity (Wildman–Crippen MR) is 91.6 cm³/mol. The van der Waals surface area contributed by atoms with Crippen LogP contribution < -0.4 is 5.73 Å². The minimum Gasteiger partial charge on any atom is -0.440 e. The number of hydrogen-bond donors (Lipinski definition) is 1. The van der Waals surface area contributed by atoms with Crippen LogP contribution in [-0.4, -0.2) is 19.9 Å². The molecule has 3 aromatic rings. The molecule has 0 aliphatic carbocycles. The molecule has 0 fully saturated rings. The van der Waals surface area contributed by atoms with E-state index < -0.39 is 32.5 Å². The summed E-state index contributed by atoms with van der Waals surface area (Å²) in [7, 11) is -4.07. The van der Waals surface area contributed by atoms with Crippen molar-refractivity contribution in [3.63, 3.8) is 0 Å². The highest BCUT2D eigenvalue weighted by molar-refractivity contribution is 7.91. The van der Waals surface area contributed by atoms with Crippen LogP contribution in [-0.2, 0) is 22.4 Å². The monoisotopic (exact) mass is 396 g/mol. The summed E-state index contributed by atoms with van der Waals surface area (Å²) in [5.74, 6) is -0.491. The van der Waals surface area contributed by atoms with Crippen molar-refractivity contribution in [3.05, 3.63) is 65.9 Å². The Hall–Kier alpha value is -2.65. The maximum absolute atomic E-state index is 13.3. The molecule has 0 radical (unpaired) electrons. The van der Waals surface area contributed by atoms with Gasteiger partial charge in [0.05, 0.1) is 10.5 Å². The summed E-state index contributed by atoms with van der Waals surface area (Å²) in [5.41, 5.74) is 4.20. The van der Waals surface area contributed by atoms with Crippen LogP contribution >= 0.6 is 0 Å². The number of nitrogens with zero attached hydrogens (tertiary/aromatic N) is 1. The van der Waals surface area contributed by atoms with E-state index in [9.17, 15) is 21.6 Å². The van der Waals surface area contributed by atoms with Crippen LogP contribution in [0.25, 0.3) is 11.5 Å². The Morgan fingerprint density at radius 2 is 1.63 bits per heavy atom. The van der Waals surface area contributed by atoms with Crippen LogP contribution in [0.2, 0.25) is 0 Å². The SMILES string of the molecule is NCCc1oc(-c2ccccc2C(F)(F)F)nc1S(=O)(=O)c1ccccc1. The van der Waals surface area contributed by atoms with Crippen molar-refractivity contribution in [1.29, 1.82) is 0 Å². The van der Waals surface area contributed by atoms with Crippen LogP contribution in [0, 0.1) is 0 Å². The Morgan fingerprint density at radius 3 is 2.26 bits per heavy atom. The van der Waals surface area contributed by atoms with Crippen LogP contribution in [0.5, 0.6) is 0 Å². The minimum atomic E-state index is -4.64. The van der Waals surface area contributed by atoms with E-state index in [1.54, 1.807) is 6.07 Å². The fraction of sp³-hybridized carbons (Fsp3) is 0.167. The highest BCUT2D eigenvalue weighted by atomic mass is 32.2. The second kappa shape index (κ2) is 7.16. The number of alkyl halides is 3. The standard InChI is InChI=1S/C18H15F3N2O3S/c19-18(20,21)14-9-5-4-8-13(14)16-23-17(15(26-16)10-11-22)27(24,25)12-6-2-1-3-7-12/h1-9H,10-11,22H2. The molecule has 0 atom stereocenters. The Kier molecular flexibility index (Phi) is 5.07. The number of benzene rings is 2. The summed E-state index contributed by atoms with van der Waals surface area (Å²) < 4.78 is 71.0. The number of nitrogens with two attached hydrogens (primary N) is 1. The van der Waals surface area contributed by atoms with E-state index in [4.69, 9.17) is 10.2 Å². The Balaban J connectivity index is 2.19. The molecule has 0 spiro atoms. The summed E-state index contributed by atoms with van der Waals surface area (Å²) in [4.78, 5) is 3.88. The molecule has 0 bridgehead atoms. The van der Waals surface area contributed by atoms with E-state index in [0.29, 0.717) is 0 Å². The summed E-state index contributed by atoms with van der Waals surface area (Å²) in [5, 5.41) is -0.425. The quantitative estimate of drug-likeness (QED) is 0.711. The summed E-state index contributed by atoms with van der Waals surface area (Å²) in [6, 6.07) is 12.2. The van der Waals surface area contributed by atoms with Crippen LogP contribution in [0.4, 0.5) is 13.2 Å². The Morgan fingerprint density at radius 1 is 1.00 bits per heavy atom. The largest absolute Gasteiger partial charge is 0.440 e. The lowest BCUT2D eigenvalue weighted by Crippen LogP contribution is -2.09. The van der Waals surface area contributed by atoms with Gasteiger partial charge < -0.3 is 10.2 Å². The molecule has 0 amide bonds. The number of aromatic nitrogens is 1. The van der Waals surface area contributed by atoms with Gasteiger partial charge in [-0.1, -0.05) is 30.3 Å². The lowest BCUT2D eigenvalue weighted by Gasteiger charge is -2.09. The summed E-state index contributed by atoms with van der Waals surface area (Å²) in [6.07, 6.45) is -4.62. The van der Waals surface area contributed by atoms with Crippen LogP contribution in [0.1, 0.15) is 11.3 Å². The molecular weight excluding hydrogens is 381 g/mol. The molecule has 0 aliphatic rings. The van der Waals surface area contributed by atoms with Gasteiger partial charge in [-0.05, 0) is 30.8 Å². The van der Waals surface area contributed by atoms with E-state index >= 15 is 0 Å². The van der Waals surface area contributed by atoms with Crippen molar-refractivity contribution < 1.29 is 26.0 Å². The number of sulfone groups is 1. The number of rotatable bonds is 5. The summed E-state index contributed by atoms with van der Waals surface area (Å²) in [6.45, 7) is 0.0485. The number of halogens is 3. The lowest BCUT2D eigenvalue weighted by molar-refractivity contribution is -0.137. The normalized spacial score (nSPS) is 12.3. The lowest BCUT2D eigenvalue weighted by atomic mass is 10.1. The molecule has 0 saturated carbocycles. The number of oxazole rings is 1. The smallest absolute Gasteiger partial charge is 0.417 e. The Labute approximate surface area is 153 Å². The highest BCUT2D eigenvalue weighted by Crippen LogP contribution is 2.38. The zero-order chi connectivity index (χ0) is 19.7. The number of hydrogen-bond acceptors (Lipinski definition) is 5. The third-order valence-electron chi connectivity index (χ3n) is 3.80. The van der Waals surface area contributed by atoms with E-state index in [0.717, 1.165) is 6.07 Å². The van der Waals surface area contributed by atoms with E-state index in [-0.39, 0.29) is 29.2 Å². The molecule has 1 aromatic heterocycles. The van der Waals surface area contributed by atoms with Gasteiger partial charge in [0.15, 0.2) is 0 Å². The maximum atomic E-state index is 13.3. The van der Waals surface area contributed by atoms with E-state index in [2.05, 4.69) is 4.98 Å². The Bertz CT molecular complexity index is 1050. The molecular formula is C18H15F3N2O3S. The minimum absolute atomic E-state index is 0.0165. The average molecular weight is 396 g/mol. The van der Waals surface area contributed by atoms with Gasteiger partial charge >= 0.3 is 6.18 Å². The highest BCUT2D eigenvalue weighted by Gasteiger charge is 2.36. The fourth-order valence-electron chi connectivity index (χ4n) is 2.58. The van der Waals surface area contributed by atoms with Gasteiger partial charge in [-0.3, -0.25) is 0 Å². The first-order chi connectivity index (χ1) is 12.7.